The molecule has 356 valence electrons. The van der Waals surface area contributed by atoms with Crippen molar-refractivity contribution in [2.24, 2.45) is 0 Å². The predicted molar refractivity (Wildman–Crippen MR) is 293 cm³/mol. The molecular weight excluding hydrogens is 1050 g/mol. The smallest absolute Gasteiger partial charge is 0.135 e. The van der Waals surface area contributed by atoms with Crippen molar-refractivity contribution in [2.75, 3.05) is 21.7 Å². The van der Waals surface area contributed by atoms with E-state index >= 15 is 0 Å². The molecule has 11 rings (SSSR count). The minimum Gasteiger partial charge on any atom is -0.493 e. The number of hydrogen-bond acceptors (Lipinski definition) is 4. The zero-order valence-electron chi connectivity index (χ0n) is 41.7. The van der Waals surface area contributed by atoms with Crippen LogP contribution in [0.2, 0.25) is 0 Å². The van der Waals surface area contributed by atoms with Gasteiger partial charge in [-0.25, -0.2) is 4.98 Å². The Labute approximate surface area is 434 Å². The molecule has 1 aliphatic rings. The number of pyridine rings is 1. The topological polar surface area (TPSA) is 27.5 Å². The van der Waals surface area contributed by atoms with Gasteiger partial charge in [-0.2, -0.15) is 12.1 Å². The van der Waals surface area contributed by atoms with Gasteiger partial charge < -0.3 is 19.3 Å². The van der Waals surface area contributed by atoms with Gasteiger partial charge in [0.05, 0.1) is 0 Å². The molecule has 71 heavy (non-hydrogen) atoms. The molecule has 0 saturated heterocycles. The van der Waals surface area contributed by atoms with Crippen molar-refractivity contribution in [2.45, 2.75) is 64.7 Å². The fraction of sp³-hybridized carbons (Fsp3) is 0.169. The second-order valence-electron chi connectivity index (χ2n) is 20.9. The first kappa shape index (κ1) is 47.5. The van der Waals surface area contributed by atoms with Gasteiger partial charge in [-0.3, -0.25) is 0 Å². The summed E-state index contributed by atoms with van der Waals surface area (Å²) in [4.78, 5) is 11.9. The average molecular weight is 1100 g/mol. The van der Waals surface area contributed by atoms with Crippen LogP contribution in [0.15, 0.2) is 200 Å². The summed E-state index contributed by atoms with van der Waals surface area (Å²) in [5, 5.41) is 2.25. The van der Waals surface area contributed by atoms with Crippen molar-refractivity contribution in [3.05, 3.63) is 247 Å². The van der Waals surface area contributed by atoms with E-state index in [1.165, 1.54) is 27.8 Å². The normalized spacial score (nSPS) is 12.8. The van der Waals surface area contributed by atoms with Crippen LogP contribution in [0.3, 0.4) is 0 Å². The minimum absolute atomic E-state index is 0. The fourth-order valence-electron chi connectivity index (χ4n) is 10.1. The van der Waals surface area contributed by atoms with Gasteiger partial charge in [-0.15, -0.1) is 48.1 Å². The Balaban J connectivity index is 0.00000582. The molecule has 2 aromatic heterocycles. The first-order valence-corrected chi connectivity index (χ1v) is 24.3. The summed E-state index contributed by atoms with van der Waals surface area (Å²) in [7, 11) is 2.11. The zero-order chi connectivity index (χ0) is 48.4. The molecule has 0 saturated carbocycles. The van der Waals surface area contributed by atoms with Gasteiger partial charge in [-0.05, 0) is 105 Å². The summed E-state index contributed by atoms with van der Waals surface area (Å²) in [6, 6.07) is 77.7. The van der Waals surface area contributed by atoms with Crippen LogP contribution in [0.5, 0.6) is 0 Å². The van der Waals surface area contributed by atoms with E-state index < -0.39 is 5.41 Å². The second kappa shape index (κ2) is 18.5. The molecule has 0 radical (unpaired) electrons. The van der Waals surface area contributed by atoms with Crippen molar-refractivity contribution < 1.29 is 21.1 Å². The molecule has 0 unspecified atom stereocenters. The van der Waals surface area contributed by atoms with Crippen molar-refractivity contribution >= 4 is 55.9 Å². The molecule has 1 aliphatic heterocycles. The van der Waals surface area contributed by atoms with E-state index in [9.17, 15) is 0 Å². The predicted octanol–water partition coefficient (Wildman–Crippen LogP) is 16.6. The maximum Gasteiger partial charge on any atom is 0.135 e. The maximum absolute atomic E-state index is 5.14. The van der Waals surface area contributed by atoms with Crippen LogP contribution in [0, 0.1) is 18.8 Å². The largest absolute Gasteiger partial charge is 0.493 e. The van der Waals surface area contributed by atoms with Crippen molar-refractivity contribution in [1.29, 1.82) is 0 Å². The molecule has 0 spiro atoms. The Kier molecular flexibility index (Phi) is 12.4. The number of fused-ring (bicyclic) bond motifs is 4. The monoisotopic (exact) mass is 1100 g/mol. The van der Waals surface area contributed by atoms with Crippen LogP contribution in [0.1, 0.15) is 76.3 Å². The number of rotatable bonds is 9. The van der Waals surface area contributed by atoms with Crippen LogP contribution < -0.4 is 14.7 Å². The third-order valence-electron chi connectivity index (χ3n) is 14.3. The first-order valence-electron chi connectivity index (χ1n) is 24.3. The summed E-state index contributed by atoms with van der Waals surface area (Å²) in [5.41, 5.74) is 16.3. The van der Waals surface area contributed by atoms with E-state index in [0.29, 0.717) is 0 Å². The molecule has 0 atom stereocenters. The van der Waals surface area contributed by atoms with Gasteiger partial charge in [0.2, 0.25) is 0 Å². The Morgan fingerprint density at radius 2 is 1.07 bits per heavy atom. The first-order chi connectivity index (χ1) is 33.8. The SMILES string of the molecule is CN(c1[c-]c(N2[CH-]N(c3cc(C(C)(C)C)cc(C(C)(C)C)c3)c3ccccc32)ccc1)c1[c-]c2c(cc1)c1cc(-c3ccccc3)ccc1n2-c1cc(C(C)(c2ccccc2)c2ccccc2)ccn1.[Pt]. The third-order valence-corrected chi connectivity index (χ3v) is 14.3. The molecule has 5 nitrogen and oxygen atoms in total. The molecule has 0 amide bonds. The summed E-state index contributed by atoms with van der Waals surface area (Å²) in [5.74, 6) is 0.836. The molecule has 0 fully saturated rings. The summed E-state index contributed by atoms with van der Waals surface area (Å²) < 4.78 is 2.29. The standard InChI is InChI=1S/C65H58N5.Pt/c1-63(2,3)50-38-51(64(4,5)6)40-55(39-50)69-44-68(59-29-18-19-30-60(59)69)54-28-20-27-52(42-54)67(8)53-32-33-56-57-37-46(45-21-12-9-13-22-45)31-34-58(57)70(61(56)43-53)62-41-49(35-36-66-62)65(7,47-23-14-10-15-24-47)48-25-16-11-17-26-48;/h9-41,44H,1-8H3;/q-3;. The van der Waals surface area contributed by atoms with E-state index in [1.807, 2.05) is 6.20 Å². The molecular formula is C65H58N5Pt-3. The van der Waals surface area contributed by atoms with Gasteiger partial charge in [0.25, 0.3) is 0 Å². The van der Waals surface area contributed by atoms with Crippen LogP contribution in [0.4, 0.5) is 34.1 Å². The summed E-state index contributed by atoms with van der Waals surface area (Å²) in [6.45, 7) is 18.3. The van der Waals surface area contributed by atoms with Crippen molar-refractivity contribution in [3.63, 3.8) is 0 Å². The second-order valence-corrected chi connectivity index (χ2v) is 20.9. The van der Waals surface area contributed by atoms with E-state index in [1.54, 1.807) is 0 Å². The number of nitrogens with zero attached hydrogens (tertiary/aromatic N) is 5. The van der Waals surface area contributed by atoms with Gasteiger partial charge in [0.1, 0.15) is 5.82 Å². The maximum atomic E-state index is 5.14. The number of anilines is 6. The molecule has 3 heterocycles. The average Bonchev–Trinajstić information content (AvgIpc) is 3.94. The Morgan fingerprint density at radius 1 is 0.479 bits per heavy atom. The van der Waals surface area contributed by atoms with E-state index in [0.717, 1.165) is 72.9 Å². The van der Waals surface area contributed by atoms with E-state index in [-0.39, 0.29) is 31.9 Å². The van der Waals surface area contributed by atoms with Crippen LogP contribution in [-0.4, -0.2) is 16.6 Å². The number of benzene rings is 8. The van der Waals surface area contributed by atoms with E-state index in [4.69, 9.17) is 4.98 Å². The molecule has 0 N–H and O–H groups in total. The van der Waals surface area contributed by atoms with Crippen LogP contribution >= 0.6 is 0 Å². The Hall–Kier alpha value is -7.20. The van der Waals surface area contributed by atoms with Crippen molar-refractivity contribution in [1.82, 2.24) is 9.55 Å². The quantitative estimate of drug-likeness (QED) is 0.135. The van der Waals surface area contributed by atoms with Crippen LogP contribution in [0.25, 0.3) is 38.8 Å². The van der Waals surface area contributed by atoms with Crippen molar-refractivity contribution in [3.8, 4) is 16.9 Å². The molecule has 0 bridgehead atoms. The molecule has 10 aromatic rings. The zero-order valence-corrected chi connectivity index (χ0v) is 44.0. The Morgan fingerprint density at radius 3 is 1.70 bits per heavy atom. The third kappa shape index (κ3) is 8.65. The number of aromatic nitrogens is 2. The minimum atomic E-state index is -0.439. The number of para-hydroxylation sites is 2. The molecule has 0 aliphatic carbocycles. The van der Waals surface area contributed by atoms with Gasteiger partial charge in [0.15, 0.2) is 0 Å². The summed E-state index contributed by atoms with van der Waals surface area (Å²) in [6.07, 6.45) is 1.96. The number of hydrogen-bond donors (Lipinski definition) is 0. The van der Waals surface area contributed by atoms with Crippen LogP contribution in [-0.2, 0) is 37.3 Å². The van der Waals surface area contributed by atoms with Gasteiger partial charge in [-0.1, -0.05) is 180 Å². The molecule has 8 aromatic carbocycles. The fourth-order valence-corrected chi connectivity index (χ4v) is 10.1. The van der Waals surface area contributed by atoms with Gasteiger partial charge >= 0.3 is 0 Å². The Bertz CT molecular complexity index is 3460. The van der Waals surface area contributed by atoms with E-state index in [2.05, 4.69) is 288 Å². The molecule has 6 heteroatoms. The summed E-state index contributed by atoms with van der Waals surface area (Å²) >= 11 is 0. The van der Waals surface area contributed by atoms with Gasteiger partial charge in [0, 0.05) is 62.3 Å².